The van der Waals surface area contributed by atoms with Crippen LogP contribution in [0.1, 0.15) is 29.9 Å². The van der Waals surface area contributed by atoms with Crippen LogP contribution in [0.5, 0.6) is 0 Å². The smallest absolute Gasteiger partial charge is 0.347 e. The van der Waals surface area contributed by atoms with Crippen molar-refractivity contribution in [1.29, 1.82) is 0 Å². The number of anilines is 1. The number of rotatable bonds is 4. The monoisotopic (exact) mass is 504 g/mol. The molecule has 0 radical (unpaired) electrons. The van der Waals surface area contributed by atoms with E-state index in [1.807, 2.05) is 6.92 Å². The average Bonchev–Trinajstić information content (AvgIpc) is 3.46. The molecule has 0 amide bonds. The predicted molar refractivity (Wildman–Crippen MR) is 127 cm³/mol. The number of piperidine rings is 1. The van der Waals surface area contributed by atoms with Crippen molar-refractivity contribution >= 4 is 22.0 Å². The summed E-state index contributed by atoms with van der Waals surface area (Å²) in [4.78, 5) is 36.6. The fourth-order valence-corrected chi connectivity index (χ4v) is 5.29. The minimum Gasteiger partial charge on any atom is -0.347 e. The molecule has 1 aliphatic heterocycles. The van der Waals surface area contributed by atoms with E-state index < -0.39 is 12.1 Å². The molecule has 0 N–H and O–H groups in total. The van der Waals surface area contributed by atoms with Gasteiger partial charge in [0.25, 0.3) is 11.1 Å². The van der Waals surface area contributed by atoms with Gasteiger partial charge in [-0.25, -0.2) is 9.97 Å². The summed E-state index contributed by atoms with van der Waals surface area (Å²) >= 11 is 1.28. The molecule has 1 unspecified atom stereocenters. The summed E-state index contributed by atoms with van der Waals surface area (Å²) in [5.74, 6) is -1.36. The van der Waals surface area contributed by atoms with E-state index in [1.54, 1.807) is 52.6 Å². The van der Waals surface area contributed by atoms with Crippen molar-refractivity contribution in [2.75, 3.05) is 18.0 Å². The Hall–Kier alpha value is -3.41. The van der Waals surface area contributed by atoms with Gasteiger partial charge in [0.1, 0.15) is 11.2 Å². The van der Waals surface area contributed by atoms with Crippen LogP contribution in [0.4, 0.5) is 18.3 Å². The van der Waals surface area contributed by atoms with Gasteiger partial charge in [-0.2, -0.15) is 13.2 Å². The van der Waals surface area contributed by atoms with E-state index in [2.05, 4.69) is 9.97 Å². The number of aryl methyl sites for hydroxylation is 2. The number of nitrogens with zero attached hydrogens (tertiary/aromatic N) is 6. The van der Waals surface area contributed by atoms with Gasteiger partial charge in [-0.15, -0.1) is 11.3 Å². The van der Waals surface area contributed by atoms with E-state index >= 15 is 0 Å². The van der Waals surface area contributed by atoms with Gasteiger partial charge in [-0.05, 0) is 38.8 Å². The molecule has 0 bridgehead atoms. The van der Waals surface area contributed by atoms with Crippen LogP contribution in [0, 0.1) is 19.8 Å². The highest BCUT2D eigenvalue weighted by Crippen LogP contribution is 2.35. The summed E-state index contributed by atoms with van der Waals surface area (Å²) in [5.41, 5.74) is 1.83. The van der Waals surface area contributed by atoms with Crippen molar-refractivity contribution in [2.45, 2.75) is 39.4 Å². The molecule has 1 fully saturated rings. The lowest BCUT2D eigenvalue weighted by atomic mass is 9.98. The number of hydrogen-bond acceptors (Lipinski definition) is 6. The topological polar surface area (TPSA) is 77.4 Å². The minimum absolute atomic E-state index is 0.104. The molecular formula is C23H23F3N6O2S. The lowest BCUT2D eigenvalue weighted by molar-refractivity contribution is -0.175. The molecule has 12 heteroatoms. The molecule has 5 rings (SSSR count). The summed E-state index contributed by atoms with van der Waals surface area (Å²) in [6.07, 6.45) is 1.26. The maximum Gasteiger partial charge on any atom is 0.393 e. The van der Waals surface area contributed by atoms with Crippen molar-refractivity contribution in [2.24, 2.45) is 5.92 Å². The Labute approximate surface area is 201 Å². The van der Waals surface area contributed by atoms with Gasteiger partial charge in [0, 0.05) is 36.6 Å². The third kappa shape index (κ3) is 4.38. The van der Waals surface area contributed by atoms with Crippen LogP contribution >= 0.6 is 11.3 Å². The summed E-state index contributed by atoms with van der Waals surface area (Å²) < 4.78 is 44.0. The Morgan fingerprint density at radius 2 is 1.94 bits per heavy atom. The molecule has 1 atom stereocenters. The highest BCUT2D eigenvalue weighted by Gasteiger charge is 2.42. The van der Waals surface area contributed by atoms with Gasteiger partial charge in [-0.3, -0.25) is 14.0 Å². The number of pyridine rings is 1. The second-order valence-electron chi connectivity index (χ2n) is 8.81. The minimum atomic E-state index is -4.22. The molecule has 8 nitrogen and oxygen atoms in total. The van der Waals surface area contributed by atoms with Crippen LogP contribution in [0.25, 0.3) is 11.2 Å². The highest BCUT2D eigenvalue weighted by molar-refractivity contribution is 7.13. The normalized spacial score (nSPS) is 16.8. The van der Waals surface area contributed by atoms with Crippen molar-refractivity contribution in [1.82, 2.24) is 23.5 Å². The van der Waals surface area contributed by atoms with E-state index in [-0.39, 0.29) is 36.1 Å². The highest BCUT2D eigenvalue weighted by atomic mass is 32.1. The zero-order chi connectivity index (χ0) is 24.9. The largest absolute Gasteiger partial charge is 0.393 e. The first-order valence-electron chi connectivity index (χ1n) is 11.1. The van der Waals surface area contributed by atoms with E-state index in [4.69, 9.17) is 0 Å². The molecule has 1 saturated heterocycles. The summed E-state index contributed by atoms with van der Waals surface area (Å²) in [5, 5.41) is 2.29. The zero-order valence-electron chi connectivity index (χ0n) is 19.1. The zero-order valence-corrected chi connectivity index (χ0v) is 19.9. The Morgan fingerprint density at radius 3 is 2.66 bits per heavy atom. The Kier molecular flexibility index (Phi) is 5.78. The predicted octanol–water partition coefficient (Wildman–Crippen LogP) is 3.55. The number of fused-ring (bicyclic) bond motifs is 1. The number of alkyl halides is 3. The van der Waals surface area contributed by atoms with Crippen LogP contribution in [-0.2, 0) is 6.54 Å². The molecule has 0 saturated carbocycles. The SMILES string of the molecule is Cc1cn(-c2ccc3c(=O)n(Cc4csc(N5CCCC(C(F)(F)F)C5)n4)c(C)cn3c2=O)cn1. The summed E-state index contributed by atoms with van der Waals surface area (Å²) in [6, 6.07) is 3.19. The molecule has 35 heavy (non-hydrogen) atoms. The number of hydrogen-bond donors (Lipinski definition) is 0. The first kappa shape index (κ1) is 23.3. The Morgan fingerprint density at radius 1 is 1.14 bits per heavy atom. The third-order valence-corrected chi connectivity index (χ3v) is 7.26. The third-order valence-electron chi connectivity index (χ3n) is 6.31. The number of halogens is 3. The number of aromatic nitrogens is 5. The standard InChI is InChI=1S/C23H23F3N6O2S/c1-14-8-30(13-27-14)18-5-6-19-21(34)31(15(2)9-32(19)20(18)33)11-17-12-35-22(28-17)29-7-3-4-16(10-29)23(24,25)26/h5-6,8-9,12-13,16H,3-4,7,10-11H2,1-2H3. The molecule has 1 aliphatic rings. The Balaban J connectivity index is 1.44. The van der Waals surface area contributed by atoms with Crippen LogP contribution in [0.15, 0.2) is 45.8 Å². The first-order valence-corrected chi connectivity index (χ1v) is 12.0. The molecular weight excluding hydrogens is 481 g/mol. The van der Waals surface area contributed by atoms with Crippen LogP contribution < -0.4 is 16.0 Å². The van der Waals surface area contributed by atoms with E-state index in [1.165, 1.54) is 20.3 Å². The molecule has 184 valence electrons. The molecule has 5 heterocycles. The van der Waals surface area contributed by atoms with Crippen LogP contribution in [-0.4, -0.2) is 42.8 Å². The van der Waals surface area contributed by atoms with Crippen molar-refractivity contribution in [3.8, 4) is 5.69 Å². The van der Waals surface area contributed by atoms with E-state index in [9.17, 15) is 22.8 Å². The maximum absolute atomic E-state index is 13.2. The van der Waals surface area contributed by atoms with E-state index in [0.717, 1.165) is 5.69 Å². The average molecular weight is 505 g/mol. The number of imidazole rings is 1. The second kappa shape index (κ2) is 8.67. The molecule has 0 spiro atoms. The van der Waals surface area contributed by atoms with Gasteiger partial charge >= 0.3 is 6.18 Å². The van der Waals surface area contributed by atoms with Gasteiger partial charge in [0.2, 0.25) is 0 Å². The Bertz CT molecular complexity index is 1520. The summed E-state index contributed by atoms with van der Waals surface area (Å²) in [6.45, 7) is 4.13. The van der Waals surface area contributed by atoms with Gasteiger partial charge in [0.05, 0.1) is 30.2 Å². The van der Waals surface area contributed by atoms with Crippen LogP contribution in [0.3, 0.4) is 0 Å². The summed E-state index contributed by atoms with van der Waals surface area (Å²) in [7, 11) is 0. The van der Waals surface area contributed by atoms with E-state index in [0.29, 0.717) is 35.2 Å². The van der Waals surface area contributed by atoms with Crippen molar-refractivity contribution in [3.63, 3.8) is 0 Å². The van der Waals surface area contributed by atoms with Gasteiger partial charge < -0.3 is 14.0 Å². The quantitative estimate of drug-likeness (QED) is 0.425. The molecule has 0 aromatic carbocycles. The lowest BCUT2D eigenvalue weighted by Gasteiger charge is -2.33. The second-order valence-corrected chi connectivity index (χ2v) is 9.65. The van der Waals surface area contributed by atoms with Gasteiger partial charge in [0.15, 0.2) is 5.13 Å². The fourth-order valence-electron chi connectivity index (χ4n) is 4.44. The van der Waals surface area contributed by atoms with Crippen LogP contribution in [0.2, 0.25) is 0 Å². The van der Waals surface area contributed by atoms with Crippen molar-refractivity contribution in [3.05, 3.63) is 74.0 Å². The lowest BCUT2D eigenvalue weighted by Crippen LogP contribution is -2.41. The molecule has 4 aromatic rings. The molecule has 4 aromatic heterocycles. The fraction of sp³-hybridized carbons (Fsp3) is 0.391. The number of thiazole rings is 1. The molecule has 0 aliphatic carbocycles. The maximum atomic E-state index is 13.2. The first-order chi connectivity index (χ1) is 16.6. The van der Waals surface area contributed by atoms with Gasteiger partial charge in [-0.1, -0.05) is 0 Å². The van der Waals surface area contributed by atoms with Crippen molar-refractivity contribution < 1.29 is 13.2 Å².